The molecule has 0 N–H and O–H groups in total. The largest absolute Gasteiger partial charge is 0.290 e. The Labute approximate surface area is 131 Å². The summed E-state index contributed by atoms with van der Waals surface area (Å²) in [5, 5.41) is 0.840. The summed E-state index contributed by atoms with van der Waals surface area (Å²) in [4.78, 5) is 11.5. The molecule has 0 saturated carbocycles. The summed E-state index contributed by atoms with van der Waals surface area (Å²) < 4.78 is 0. The molecule has 3 rings (SSSR count). The molecule has 1 aromatic heterocycles. The van der Waals surface area contributed by atoms with Crippen molar-refractivity contribution >= 4 is 11.6 Å². The molecule has 1 atom stereocenters. The second-order valence-corrected chi connectivity index (χ2v) is 5.94. The molecule has 110 valence electrons. The first-order valence-electron chi connectivity index (χ1n) is 7.51. The van der Waals surface area contributed by atoms with Gasteiger partial charge < -0.3 is 0 Å². The van der Waals surface area contributed by atoms with Gasteiger partial charge >= 0.3 is 0 Å². The van der Waals surface area contributed by atoms with Gasteiger partial charge in [-0.1, -0.05) is 36.7 Å². The predicted molar refractivity (Wildman–Crippen MR) is 85.4 cm³/mol. The average Bonchev–Trinajstić information content (AvgIpc) is 2.53. The Hall–Kier alpha value is -1.45. The number of halogens is 1. The lowest BCUT2D eigenvalue weighted by Gasteiger charge is -2.33. The molecule has 0 radical (unpaired) electrons. The SMILES string of the molecule is CCc1ncc2c(n1)CN(C(C)c1ccccc1Cl)CC2. The van der Waals surface area contributed by atoms with Gasteiger partial charge in [0.2, 0.25) is 0 Å². The van der Waals surface area contributed by atoms with Gasteiger partial charge in [0.1, 0.15) is 5.82 Å². The van der Waals surface area contributed by atoms with Crippen LogP contribution in [-0.2, 0) is 19.4 Å². The van der Waals surface area contributed by atoms with Crippen molar-refractivity contribution < 1.29 is 0 Å². The molecule has 0 saturated heterocycles. The van der Waals surface area contributed by atoms with E-state index in [2.05, 4.69) is 29.8 Å². The van der Waals surface area contributed by atoms with Gasteiger partial charge in [-0.05, 0) is 30.5 Å². The number of benzene rings is 1. The lowest BCUT2D eigenvalue weighted by atomic mass is 10.0. The van der Waals surface area contributed by atoms with Crippen LogP contribution in [0.15, 0.2) is 30.5 Å². The van der Waals surface area contributed by atoms with Crippen molar-refractivity contribution in [2.45, 2.75) is 39.3 Å². The molecule has 21 heavy (non-hydrogen) atoms. The fourth-order valence-corrected chi connectivity index (χ4v) is 3.17. The first kappa shape index (κ1) is 14.5. The summed E-state index contributed by atoms with van der Waals surface area (Å²) in [7, 11) is 0. The van der Waals surface area contributed by atoms with Crippen molar-refractivity contribution in [3.63, 3.8) is 0 Å². The van der Waals surface area contributed by atoms with E-state index in [0.717, 1.165) is 36.8 Å². The number of aromatic nitrogens is 2. The highest BCUT2D eigenvalue weighted by Crippen LogP contribution is 2.30. The molecule has 2 aromatic rings. The van der Waals surface area contributed by atoms with Crippen LogP contribution in [0.5, 0.6) is 0 Å². The van der Waals surface area contributed by atoms with E-state index >= 15 is 0 Å². The Kier molecular flexibility index (Phi) is 4.22. The quantitative estimate of drug-likeness (QED) is 0.863. The average molecular weight is 302 g/mol. The fourth-order valence-electron chi connectivity index (χ4n) is 2.88. The lowest BCUT2D eigenvalue weighted by molar-refractivity contribution is 0.188. The smallest absolute Gasteiger partial charge is 0.128 e. The van der Waals surface area contributed by atoms with E-state index in [4.69, 9.17) is 16.6 Å². The molecule has 0 fully saturated rings. The van der Waals surface area contributed by atoms with Crippen molar-refractivity contribution in [2.75, 3.05) is 6.54 Å². The van der Waals surface area contributed by atoms with Crippen LogP contribution in [0.1, 0.15) is 42.5 Å². The number of aryl methyl sites for hydroxylation is 1. The number of nitrogens with zero attached hydrogens (tertiary/aromatic N) is 3. The van der Waals surface area contributed by atoms with Crippen LogP contribution < -0.4 is 0 Å². The fraction of sp³-hybridized carbons (Fsp3) is 0.412. The normalized spacial score (nSPS) is 16.5. The van der Waals surface area contributed by atoms with E-state index in [9.17, 15) is 0 Å². The van der Waals surface area contributed by atoms with E-state index in [-0.39, 0.29) is 0 Å². The van der Waals surface area contributed by atoms with Gasteiger partial charge in [0, 0.05) is 36.8 Å². The van der Waals surface area contributed by atoms with E-state index in [1.807, 2.05) is 24.4 Å². The molecule has 2 heterocycles. The van der Waals surface area contributed by atoms with Crippen molar-refractivity contribution in [3.05, 3.63) is 58.1 Å². The number of rotatable bonds is 3. The van der Waals surface area contributed by atoms with Gasteiger partial charge in [0.05, 0.1) is 5.69 Å². The van der Waals surface area contributed by atoms with E-state index in [0.29, 0.717) is 6.04 Å². The molecule has 1 aromatic carbocycles. The van der Waals surface area contributed by atoms with Gasteiger partial charge in [-0.3, -0.25) is 4.90 Å². The van der Waals surface area contributed by atoms with Gasteiger partial charge in [0.15, 0.2) is 0 Å². The topological polar surface area (TPSA) is 29.0 Å². The van der Waals surface area contributed by atoms with E-state index < -0.39 is 0 Å². The van der Waals surface area contributed by atoms with Crippen LogP contribution in [0, 0.1) is 0 Å². The van der Waals surface area contributed by atoms with E-state index in [1.165, 1.54) is 16.8 Å². The Balaban J connectivity index is 1.84. The third-order valence-electron chi connectivity index (χ3n) is 4.24. The van der Waals surface area contributed by atoms with Crippen molar-refractivity contribution in [2.24, 2.45) is 0 Å². The molecule has 4 heteroatoms. The van der Waals surface area contributed by atoms with Gasteiger partial charge in [-0.25, -0.2) is 9.97 Å². The van der Waals surface area contributed by atoms with E-state index in [1.54, 1.807) is 0 Å². The summed E-state index contributed by atoms with van der Waals surface area (Å²) in [5.41, 5.74) is 3.65. The summed E-state index contributed by atoms with van der Waals surface area (Å²) in [6, 6.07) is 8.40. The second-order valence-electron chi connectivity index (χ2n) is 5.53. The van der Waals surface area contributed by atoms with Gasteiger partial charge in [-0.15, -0.1) is 0 Å². The van der Waals surface area contributed by atoms with Crippen LogP contribution in [0.3, 0.4) is 0 Å². The van der Waals surface area contributed by atoms with Crippen LogP contribution in [0.2, 0.25) is 5.02 Å². The molecule has 1 aliphatic rings. The van der Waals surface area contributed by atoms with Gasteiger partial charge in [0.25, 0.3) is 0 Å². The van der Waals surface area contributed by atoms with Gasteiger partial charge in [-0.2, -0.15) is 0 Å². The highest BCUT2D eigenvalue weighted by atomic mass is 35.5. The molecule has 1 unspecified atom stereocenters. The van der Waals surface area contributed by atoms with Crippen LogP contribution in [0.4, 0.5) is 0 Å². The molecule has 0 spiro atoms. The molecular formula is C17H20ClN3. The Morgan fingerprint density at radius 1 is 1.33 bits per heavy atom. The van der Waals surface area contributed by atoms with Crippen LogP contribution >= 0.6 is 11.6 Å². The number of fused-ring (bicyclic) bond motifs is 1. The Bertz CT molecular complexity index is 642. The Morgan fingerprint density at radius 3 is 2.90 bits per heavy atom. The highest BCUT2D eigenvalue weighted by Gasteiger charge is 2.24. The van der Waals surface area contributed by atoms with Crippen molar-refractivity contribution in [1.82, 2.24) is 14.9 Å². The number of hydrogen-bond acceptors (Lipinski definition) is 3. The Morgan fingerprint density at radius 2 is 2.14 bits per heavy atom. The summed E-state index contributed by atoms with van der Waals surface area (Å²) in [5.74, 6) is 0.931. The highest BCUT2D eigenvalue weighted by molar-refractivity contribution is 6.31. The van der Waals surface area contributed by atoms with Crippen LogP contribution in [-0.4, -0.2) is 21.4 Å². The zero-order chi connectivity index (χ0) is 14.8. The minimum absolute atomic E-state index is 0.298. The molecule has 3 nitrogen and oxygen atoms in total. The predicted octanol–water partition coefficient (Wildman–Crippen LogP) is 3.81. The molecule has 0 amide bonds. The molecule has 0 bridgehead atoms. The monoisotopic (exact) mass is 301 g/mol. The maximum absolute atomic E-state index is 6.33. The number of hydrogen-bond donors (Lipinski definition) is 0. The van der Waals surface area contributed by atoms with Crippen molar-refractivity contribution in [3.8, 4) is 0 Å². The zero-order valence-electron chi connectivity index (χ0n) is 12.5. The standard InChI is InChI=1S/C17H20ClN3/c1-3-17-19-10-13-8-9-21(11-16(13)20-17)12(2)14-6-4-5-7-15(14)18/h4-7,10,12H,3,8-9,11H2,1-2H3. The molecule has 1 aliphatic heterocycles. The first-order valence-corrected chi connectivity index (χ1v) is 7.89. The first-order chi connectivity index (χ1) is 10.2. The minimum atomic E-state index is 0.298. The van der Waals surface area contributed by atoms with Crippen LogP contribution in [0.25, 0.3) is 0 Å². The summed E-state index contributed by atoms with van der Waals surface area (Å²) in [6.45, 7) is 6.20. The maximum Gasteiger partial charge on any atom is 0.128 e. The zero-order valence-corrected chi connectivity index (χ0v) is 13.3. The summed E-state index contributed by atoms with van der Waals surface area (Å²) >= 11 is 6.33. The third-order valence-corrected chi connectivity index (χ3v) is 4.59. The molecule has 0 aliphatic carbocycles. The third kappa shape index (κ3) is 2.94. The minimum Gasteiger partial charge on any atom is -0.290 e. The lowest BCUT2D eigenvalue weighted by Crippen LogP contribution is -2.34. The summed E-state index contributed by atoms with van der Waals surface area (Å²) in [6.07, 6.45) is 3.89. The second kappa shape index (κ2) is 6.12. The molecular weight excluding hydrogens is 282 g/mol. The van der Waals surface area contributed by atoms with Crippen molar-refractivity contribution in [1.29, 1.82) is 0 Å². The maximum atomic E-state index is 6.33.